The van der Waals surface area contributed by atoms with Crippen LogP contribution >= 0.6 is 0 Å². The van der Waals surface area contributed by atoms with Crippen molar-refractivity contribution in [1.29, 1.82) is 0 Å². The minimum Gasteiger partial charge on any atom is -0.364 e. The van der Waals surface area contributed by atoms with E-state index in [-0.39, 0.29) is 0 Å². The molecule has 4 rings (SSSR count). The Bertz CT molecular complexity index is 499. The van der Waals surface area contributed by atoms with E-state index in [2.05, 4.69) is 28.2 Å². The third-order valence-electron chi connectivity index (χ3n) is 5.37. The maximum atomic E-state index is 4.79. The van der Waals surface area contributed by atoms with Gasteiger partial charge in [0.25, 0.3) is 0 Å². The van der Waals surface area contributed by atoms with Crippen LogP contribution < -0.4 is 10.2 Å². The van der Waals surface area contributed by atoms with Gasteiger partial charge in [0.1, 0.15) is 5.82 Å². The van der Waals surface area contributed by atoms with Gasteiger partial charge in [0, 0.05) is 30.4 Å². The monoisotopic (exact) mass is 272 g/mol. The number of fused-ring (bicyclic) bond motifs is 2. The van der Waals surface area contributed by atoms with Crippen LogP contribution in [0.5, 0.6) is 0 Å². The Morgan fingerprint density at radius 1 is 1.20 bits per heavy atom. The summed E-state index contributed by atoms with van der Waals surface area (Å²) in [5.41, 5.74) is 1.42. The SMILES string of the molecule is Cc1cc(NC23CCC(CC2)C3)nc(N2CCCC2)n1. The van der Waals surface area contributed by atoms with Crippen molar-refractivity contribution in [3.8, 4) is 0 Å². The zero-order valence-corrected chi connectivity index (χ0v) is 12.4. The lowest BCUT2D eigenvalue weighted by Gasteiger charge is -2.29. The Balaban J connectivity index is 1.58. The van der Waals surface area contributed by atoms with E-state index < -0.39 is 0 Å². The normalized spacial score (nSPS) is 32.0. The minimum atomic E-state index is 0.341. The van der Waals surface area contributed by atoms with Gasteiger partial charge in [0.05, 0.1) is 0 Å². The highest BCUT2D eigenvalue weighted by Crippen LogP contribution is 2.49. The van der Waals surface area contributed by atoms with Crippen LogP contribution in [-0.4, -0.2) is 28.6 Å². The number of nitrogens with zero attached hydrogens (tertiary/aromatic N) is 3. The van der Waals surface area contributed by atoms with Crippen LogP contribution in [0.4, 0.5) is 11.8 Å². The molecule has 20 heavy (non-hydrogen) atoms. The molecule has 0 amide bonds. The first kappa shape index (κ1) is 12.4. The van der Waals surface area contributed by atoms with E-state index in [1.165, 1.54) is 44.9 Å². The molecule has 3 aliphatic rings. The van der Waals surface area contributed by atoms with E-state index >= 15 is 0 Å². The van der Waals surface area contributed by atoms with Gasteiger partial charge in [-0.3, -0.25) is 0 Å². The number of rotatable bonds is 3. The second-order valence-corrected chi connectivity index (χ2v) is 6.94. The lowest BCUT2D eigenvalue weighted by atomic mass is 9.94. The van der Waals surface area contributed by atoms with E-state index in [0.29, 0.717) is 5.54 Å². The summed E-state index contributed by atoms with van der Waals surface area (Å²) in [6, 6.07) is 2.11. The number of hydrogen-bond acceptors (Lipinski definition) is 4. The van der Waals surface area contributed by atoms with Gasteiger partial charge < -0.3 is 10.2 Å². The molecule has 108 valence electrons. The number of aryl methyl sites for hydroxylation is 1. The number of nitrogens with one attached hydrogen (secondary N) is 1. The Kier molecular flexibility index (Phi) is 2.86. The highest BCUT2D eigenvalue weighted by Gasteiger charge is 2.44. The molecule has 2 saturated carbocycles. The van der Waals surface area contributed by atoms with E-state index in [1.54, 1.807) is 0 Å². The van der Waals surface area contributed by atoms with Crippen molar-refractivity contribution in [2.75, 3.05) is 23.3 Å². The topological polar surface area (TPSA) is 41.1 Å². The Labute approximate surface area is 121 Å². The molecule has 0 radical (unpaired) electrons. The Morgan fingerprint density at radius 2 is 1.95 bits per heavy atom. The molecular weight excluding hydrogens is 248 g/mol. The van der Waals surface area contributed by atoms with Crippen molar-refractivity contribution < 1.29 is 0 Å². The van der Waals surface area contributed by atoms with Gasteiger partial charge in [0.15, 0.2) is 0 Å². The molecule has 4 nitrogen and oxygen atoms in total. The van der Waals surface area contributed by atoms with E-state index in [9.17, 15) is 0 Å². The van der Waals surface area contributed by atoms with Crippen LogP contribution in [0, 0.1) is 12.8 Å². The highest BCUT2D eigenvalue weighted by molar-refractivity contribution is 5.46. The molecule has 2 aliphatic carbocycles. The van der Waals surface area contributed by atoms with Gasteiger partial charge in [-0.1, -0.05) is 0 Å². The summed E-state index contributed by atoms with van der Waals surface area (Å²) in [6.45, 7) is 4.29. The van der Waals surface area contributed by atoms with Gasteiger partial charge in [0.2, 0.25) is 5.95 Å². The molecule has 2 heterocycles. The van der Waals surface area contributed by atoms with Crippen LogP contribution in [0.3, 0.4) is 0 Å². The number of anilines is 2. The zero-order chi connectivity index (χ0) is 13.6. The maximum absolute atomic E-state index is 4.79. The molecule has 1 saturated heterocycles. The Morgan fingerprint density at radius 3 is 2.60 bits per heavy atom. The quantitative estimate of drug-likeness (QED) is 0.918. The average molecular weight is 272 g/mol. The lowest BCUT2D eigenvalue weighted by Crippen LogP contribution is -2.33. The molecule has 4 heteroatoms. The van der Waals surface area contributed by atoms with Crippen LogP contribution in [0.25, 0.3) is 0 Å². The summed E-state index contributed by atoms with van der Waals surface area (Å²) >= 11 is 0. The van der Waals surface area contributed by atoms with Crippen LogP contribution in [0.15, 0.2) is 6.07 Å². The summed E-state index contributed by atoms with van der Waals surface area (Å²) in [7, 11) is 0. The summed E-state index contributed by atoms with van der Waals surface area (Å²) in [5.74, 6) is 2.93. The van der Waals surface area contributed by atoms with Gasteiger partial charge in [-0.25, -0.2) is 4.98 Å². The third kappa shape index (κ3) is 2.15. The molecular formula is C16H24N4. The van der Waals surface area contributed by atoms with E-state index in [4.69, 9.17) is 4.98 Å². The summed E-state index contributed by atoms with van der Waals surface area (Å²) < 4.78 is 0. The van der Waals surface area contributed by atoms with Crippen molar-refractivity contribution in [1.82, 2.24) is 9.97 Å². The van der Waals surface area contributed by atoms with Crippen molar-refractivity contribution in [2.24, 2.45) is 5.92 Å². The van der Waals surface area contributed by atoms with Gasteiger partial charge in [-0.15, -0.1) is 0 Å². The smallest absolute Gasteiger partial charge is 0.227 e. The molecule has 1 N–H and O–H groups in total. The first-order valence-corrected chi connectivity index (χ1v) is 8.11. The molecule has 2 bridgehead atoms. The first-order valence-electron chi connectivity index (χ1n) is 8.11. The lowest BCUT2D eigenvalue weighted by molar-refractivity contribution is 0.446. The van der Waals surface area contributed by atoms with Crippen LogP contribution in [0.1, 0.15) is 50.6 Å². The van der Waals surface area contributed by atoms with Crippen LogP contribution in [-0.2, 0) is 0 Å². The zero-order valence-electron chi connectivity index (χ0n) is 12.4. The van der Waals surface area contributed by atoms with E-state index in [1.807, 2.05) is 0 Å². The fourth-order valence-electron chi connectivity index (χ4n) is 4.31. The molecule has 1 aliphatic heterocycles. The number of hydrogen-bond donors (Lipinski definition) is 1. The summed E-state index contributed by atoms with van der Waals surface area (Å²) in [6.07, 6.45) is 9.32. The molecule has 0 aromatic carbocycles. The van der Waals surface area contributed by atoms with Crippen molar-refractivity contribution >= 4 is 11.8 Å². The molecule has 0 unspecified atom stereocenters. The van der Waals surface area contributed by atoms with Crippen molar-refractivity contribution in [3.63, 3.8) is 0 Å². The van der Waals surface area contributed by atoms with Crippen molar-refractivity contribution in [3.05, 3.63) is 11.8 Å². The third-order valence-corrected chi connectivity index (χ3v) is 5.37. The maximum Gasteiger partial charge on any atom is 0.227 e. The van der Waals surface area contributed by atoms with Gasteiger partial charge in [-0.05, 0) is 57.8 Å². The average Bonchev–Trinajstić information content (AvgIpc) is 3.14. The van der Waals surface area contributed by atoms with Crippen LogP contribution in [0.2, 0.25) is 0 Å². The predicted molar refractivity (Wildman–Crippen MR) is 81.1 cm³/mol. The van der Waals surface area contributed by atoms with Crippen molar-refractivity contribution in [2.45, 2.75) is 57.4 Å². The summed E-state index contributed by atoms with van der Waals surface area (Å²) in [5, 5.41) is 3.77. The van der Waals surface area contributed by atoms with Gasteiger partial charge in [-0.2, -0.15) is 4.98 Å². The number of aromatic nitrogens is 2. The second-order valence-electron chi connectivity index (χ2n) is 6.94. The summed E-state index contributed by atoms with van der Waals surface area (Å²) in [4.78, 5) is 11.7. The molecule has 0 atom stereocenters. The first-order chi connectivity index (χ1) is 9.72. The molecule has 1 aromatic heterocycles. The van der Waals surface area contributed by atoms with E-state index in [0.717, 1.165) is 36.5 Å². The fraction of sp³-hybridized carbons (Fsp3) is 0.750. The highest BCUT2D eigenvalue weighted by atomic mass is 15.3. The Hall–Kier alpha value is -1.32. The molecule has 3 fully saturated rings. The van der Waals surface area contributed by atoms with Gasteiger partial charge >= 0.3 is 0 Å². The fourth-order valence-corrected chi connectivity index (χ4v) is 4.31. The molecule has 0 spiro atoms. The standard InChI is InChI=1S/C16H24N4/c1-12-10-14(18-15(17-12)20-8-2-3-9-20)19-16-6-4-13(11-16)5-7-16/h10,13H,2-9,11H2,1H3,(H,17,18,19). The minimum absolute atomic E-state index is 0.341. The second kappa shape index (κ2) is 4.61. The molecule has 1 aromatic rings. The predicted octanol–water partition coefficient (Wildman–Crippen LogP) is 3.13. The largest absolute Gasteiger partial charge is 0.364 e.